The van der Waals surface area contributed by atoms with Gasteiger partial charge < -0.3 is 4.90 Å². The molecule has 1 aliphatic heterocycles. The minimum atomic E-state index is 0.133. The summed E-state index contributed by atoms with van der Waals surface area (Å²) in [5.41, 5.74) is 6.90. The normalized spacial score (nSPS) is 29.9. The number of nitrogens with zero attached hydrogens (tertiary/aromatic N) is 1. The summed E-state index contributed by atoms with van der Waals surface area (Å²) in [6.07, 6.45) is 5.31. The van der Waals surface area contributed by atoms with Gasteiger partial charge in [0.05, 0.1) is 0 Å². The van der Waals surface area contributed by atoms with Gasteiger partial charge in [0.15, 0.2) is 5.78 Å². The van der Waals surface area contributed by atoms with Crippen LogP contribution in [-0.2, 0) is 6.42 Å². The molecule has 134 valence electrons. The van der Waals surface area contributed by atoms with Crippen molar-refractivity contribution in [2.75, 3.05) is 20.1 Å². The van der Waals surface area contributed by atoms with Gasteiger partial charge in [0.2, 0.25) is 0 Å². The Kier molecular flexibility index (Phi) is 3.62. The van der Waals surface area contributed by atoms with E-state index in [1.807, 2.05) is 18.2 Å². The third-order valence-corrected chi connectivity index (χ3v) is 7.39. The molecule has 2 heteroatoms. The second-order valence-corrected chi connectivity index (χ2v) is 8.81. The molecule has 0 N–H and O–H groups in total. The molecular weight excluding hydrogens is 318 g/mol. The van der Waals surface area contributed by atoms with E-state index >= 15 is 0 Å². The molecule has 0 unspecified atom stereocenters. The summed E-state index contributed by atoms with van der Waals surface area (Å²) in [5.74, 6) is 1.78. The lowest BCUT2D eigenvalue weighted by molar-refractivity contribution is 0.101. The molecule has 2 aromatic carbocycles. The number of fused-ring (bicyclic) bond motifs is 2. The second-order valence-electron chi connectivity index (χ2n) is 8.81. The molecule has 2 nitrogen and oxygen atoms in total. The first-order valence-corrected chi connectivity index (χ1v) is 9.99. The van der Waals surface area contributed by atoms with E-state index in [9.17, 15) is 4.79 Å². The number of hydrogen-bond donors (Lipinski definition) is 0. The number of carbonyl (C=O) groups is 1. The average Bonchev–Trinajstić information content (AvgIpc) is 3.14. The fourth-order valence-corrected chi connectivity index (χ4v) is 6.23. The van der Waals surface area contributed by atoms with E-state index in [1.54, 1.807) is 18.1 Å². The lowest BCUT2D eigenvalue weighted by Gasteiger charge is -2.41. The zero-order valence-corrected chi connectivity index (χ0v) is 15.8. The van der Waals surface area contributed by atoms with E-state index in [0.717, 1.165) is 23.0 Å². The minimum absolute atomic E-state index is 0.133. The highest BCUT2D eigenvalue weighted by Crippen LogP contribution is 2.61. The van der Waals surface area contributed by atoms with Crippen molar-refractivity contribution in [2.24, 2.45) is 11.3 Å². The minimum Gasteiger partial charge on any atom is -0.305 e. The topological polar surface area (TPSA) is 20.3 Å². The summed E-state index contributed by atoms with van der Waals surface area (Å²) in [4.78, 5) is 14.3. The molecule has 1 saturated heterocycles. The van der Waals surface area contributed by atoms with Crippen molar-refractivity contribution in [3.05, 3.63) is 59.2 Å². The highest BCUT2D eigenvalue weighted by atomic mass is 16.1. The Morgan fingerprint density at radius 2 is 1.96 bits per heavy atom. The maximum absolute atomic E-state index is 11.7. The van der Waals surface area contributed by atoms with Gasteiger partial charge in [-0.2, -0.15) is 0 Å². The Balaban J connectivity index is 1.52. The van der Waals surface area contributed by atoms with Crippen LogP contribution in [0.25, 0.3) is 11.1 Å². The van der Waals surface area contributed by atoms with E-state index in [-0.39, 0.29) is 5.78 Å². The highest BCUT2D eigenvalue weighted by molar-refractivity contribution is 5.95. The Morgan fingerprint density at radius 3 is 2.81 bits per heavy atom. The number of Topliss-reactive ketones (excluding diaryl/α,β-unsaturated/α-hetero) is 1. The highest BCUT2D eigenvalue weighted by Gasteiger charge is 2.56. The zero-order chi connectivity index (χ0) is 17.9. The number of carbonyl (C=O) groups excluding carboxylic acids is 1. The van der Waals surface area contributed by atoms with Crippen LogP contribution in [0.3, 0.4) is 0 Å². The molecule has 2 aliphatic carbocycles. The number of benzene rings is 2. The van der Waals surface area contributed by atoms with Crippen LogP contribution in [0.15, 0.2) is 42.5 Å². The van der Waals surface area contributed by atoms with Crippen LogP contribution in [-0.4, -0.2) is 30.8 Å². The van der Waals surface area contributed by atoms with Gasteiger partial charge in [-0.05, 0) is 85.2 Å². The molecule has 2 aromatic rings. The first kappa shape index (κ1) is 16.3. The first-order valence-electron chi connectivity index (χ1n) is 9.99. The second kappa shape index (κ2) is 5.79. The van der Waals surface area contributed by atoms with E-state index in [1.165, 1.54) is 44.3 Å². The van der Waals surface area contributed by atoms with Gasteiger partial charge in [-0.25, -0.2) is 0 Å². The predicted octanol–water partition coefficient (Wildman–Crippen LogP) is 4.93. The quantitative estimate of drug-likeness (QED) is 0.720. The van der Waals surface area contributed by atoms with Crippen molar-refractivity contribution in [1.29, 1.82) is 0 Å². The first-order chi connectivity index (χ1) is 12.6. The van der Waals surface area contributed by atoms with Crippen LogP contribution in [0.2, 0.25) is 0 Å². The summed E-state index contributed by atoms with van der Waals surface area (Å²) in [7, 11) is 2.30. The lowest BCUT2D eigenvalue weighted by atomic mass is 9.63. The van der Waals surface area contributed by atoms with Crippen molar-refractivity contribution in [3.63, 3.8) is 0 Å². The van der Waals surface area contributed by atoms with Gasteiger partial charge in [-0.1, -0.05) is 36.4 Å². The Labute approximate surface area is 156 Å². The maximum Gasteiger partial charge on any atom is 0.159 e. The van der Waals surface area contributed by atoms with E-state index in [4.69, 9.17) is 0 Å². The van der Waals surface area contributed by atoms with E-state index < -0.39 is 0 Å². The molecule has 1 spiro atoms. The van der Waals surface area contributed by atoms with Crippen molar-refractivity contribution < 1.29 is 4.79 Å². The fraction of sp³-hybridized carbons (Fsp3) is 0.458. The van der Waals surface area contributed by atoms with Gasteiger partial charge in [-0.15, -0.1) is 0 Å². The van der Waals surface area contributed by atoms with Crippen molar-refractivity contribution >= 4 is 5.78 Å². The lowest BCUT2D eigenvalue weighted by Crippen LogP contribution is -2.36. The summed E-state index contributed by atoms with van der Waals surface area (Å²) < 4.78 is 0. The monoisotopic (exact) mass is 345 g/mol. The van der Waals surface area contributed by atoms with Crippen molar-refractivity contribution in [3.8, 4) is 11.1 Å². The summed E-state index contributed by atoms with van der Waals surface area (Å²) >= 11 is 0. The van der Waals surface area contributed by atoms with Gasteiger partial charge in [0.25, 0.3) is 0 Å². The average molecular weight is 345 g/mol. The predicted molar refractivity (Wildman–Crippen MR) is 106 cm³/mol. The zero-order valence-electron chi connectivity index (χ0n) is 15.8. The molecule has 0 radical (unpaired) electrons. The SMILES string of the molecule is CC(=O)c1cccc(-c2ccc3c(c2)CC[C@]24CN(C)C[C@H]2CC[C@@H]34)c1. The molecule has 3 aliphatic rings. The van der Waals surface area contributed by atoms with Crippen LogP contribution >= 0.6 is 0 Å². The smallest absolute Gasteiger partial charge is 0.159 e. The maximum atomic E-state index is 11.7. The van der Waals surface area contributed by atoms with Gasteiger partial charge in [-0.3, -0.25) is 4.79 Å². The molecule has 2 fully saturated rings. The van der Waals surface area contributed by atoms with E-state index in [2.05, 4.69) is 36.2 Å². The van der Waals surface area contributed by atoms with Crippen molar-refractivity contribution in [1.82, 2.24) is 4.90 Å². The molecular formula is C24H27NO. The van der Waals surface area contributed by atoms with Gasteiger partial charge in [0, 0.05) is 18.7 Å². The summed E-state index contributed by atoms with van der Waals surface area (Å²) in [5, 5.41) is 0. The molecule has 0 bridgehead atoms. The van der Waals surface area contributed by atoms with E-state index in [0.29, 0.717) is 5.41 Å². The van der Waals surface area contributed by atoms with Gasteiger partial charge >= 0.3 is 0 Å². The van der Waals surface area contributed by atoms with Crippen molar-refractivity contribution in [2.45, 2.75) is 38.5 Å². The molecule has 5 rings (SSSR count). The third-order valence-electron chi connectivity index (χ3n) is 7.39. The molecule has 0 aromatic heterocycles. The van der Waals surface area contributed by atoms with Crippen LogP contribution in [0.5, 0.6) is 0 Å². The molecule has 0 amide bonds. The molecule has 1 heterocycles. The summed E-state index contributed by atoms with van der Waals surface area (Å²) in [6, 6.07) is 15.1. The standard InChI is InChI=1S/C24H27NO/c1-16(26)17-4-3-5-18(12-17)19-6-8-22-20(13-19)10-11-24-15-25(2)14-21(24)7-9-23(22)24/h3-6,8,12-13,21,23H,7,9-11,14-15H2,1-2H3/t21-,23+,24+/m1/s1. The van der Waals surface area contributed by atoms with Crippen LogP contribution in [0, 0.1) is 11.3 Å². The van der Waals surface area contributed by atoms with Crippen LogP contribution in [0.4, 0.5) is 0 Å². The fourth-order valence-electron chi connectivity index (χ4n) is 6.23. The number of rotatable bonds is 2. The number of ketones is 1. The number of aryl methyl sites for hydroxylation is 1. The Bertz CT molecular complexity index is 886. The Morgan fingerprint density at radius 1 is 1.12 bits per heavy atom. The molecule has 3 atom stereocenters. The van der Waals surface area contributed by atoms with Crippen LogP contribution < -0.4 is 0 Å². The van der Waals surface area contributed by atoms with Crippen LogP contribution in [0.1, 0.15) is 53.6 Å². The number of hydrogen-bond acceptors (Lipinski definition) is 2. The number of likely N-dealkylation sites (tertiary alicyclic amines) is 1. The summed E-state index contributed by atoms with van der Waals surface area (Å²) in [6.45, 7) is 4.21. The Hall–Kier alpha value is -1.93. The molecule has 1 saturated carbocycles. The van der Waals surface area contributed by atoms with Gasteiger partial charge in [0.1, 0.15) is 0 Å². The third kappa shape index (κ3) is 2.31. The molecule has 26 heavy (non-hydrogen) atoms. The largest absolute Gasteiger partial charge is 0.305 e.